The van der Waals surface area contributed by atoms with Gasteiger partial charge in [0.2, 0.25) is 0 Å². The fourth-order valence-electron chi connectivity index (χ4n) is 4.41. The molecule has 43 heavy (non-hydrogen) atoms. The standard InChI is InChI=1S/C33H36N8O2/c34-31(35)38-20-25-11-7-13-27(17-25)22-40-33(43)41-32(36)39-21-26-12-6-10-24(16-26)19-37-30(42)29-15-5-4-14-28(29)18-23-8-2-1-3-9-23/h1-17H,18-22H2,(H,37,42)(H4,34,35,38)(H4,36,39,40,41,43). The van der Waals surface area contributed by atoms with E-state index in [0.717, 1.165) is 33.4 Å². The molecule has 0 bridgehead atoms. The number of urea groups is 1. The number of rotatable bonds is 11. The summed E-state index contributed by atoms with van der Waals surface area (Å²) in [4.78, 5) is 33.6. The van der Waals surface area contributed by atoms with E-state index >= 15 is 0 Å². The number of amides is 3. The summed E-state index contributed by atoms with van der Waals surface area (Å²) in [5.41, 5.74) is 23.1. The Balaban J connectivity index is 1.26. The van der Waals surface area contributed by atoms with Crippen LogP contribution in [0, 0.1) is 0 Å². The van der Waals surface area contributed by atoms with Crippen molar-refractivity contribution in [2.45, 2.75) is 32.6 Å². The van der Waals surface area contributed by atoms with E-state index in [4.69, 9.17) is 17.2 Å². The molecular formula is C33H36N8O2. The molecule has 0 heterocycles. The predicted octanol–water partition coefficient (Wildman–Crippen LogP) is 3.29. The Hall–Kier alpha value is -5.64. The monoisotopic (exact) mass is 576 g/mol. The number of nitrogens with two attached hydrogens (primary N) is 3. The fourth-order valence-corrected chi connectivity index (χ4v) is 4.41. The van der Waals surface area contributed by atoms with Crippen molar-refractivity contribution in [2.24, 2.45) is 27.2 Å². The maximum Gasteiger partial charge on any atom is 0.321 e. The van der Waals surface area contributed by atoms with Crippen LogP contribution in [0.5, 0.6) is 0 Å². The average Bonchev–Trinajstić information content (AvgIpc) is 3.02. The number of carbonyl (C=O) groups is 2. The van der Waals surface area contributed by atoms with E-state index in [1.807, 2.05) is 91.0 Å². The lowest BCUT2D eigenvalue weighted by molar-refractivity contribution is 0.0950. The zero-order valence-electron chi connectivity index (χ0n) is 23.8. The molecule has 0 radical (unpaired) electrons. The zero-order valence-corrected chi connectivity index (χ0v) is 23.8. The van der Waals surface area contributed by atoms with Gasteiger partial charge in [-0.25, -0.2) is 14.8 Å². The molecular weight excluding hydrogens is 540 g/mol. The second-order valence-corrected chi connectivity index (χ2v) is 9.89. The van der Waals surface area contributed by atoms with Crippen molar-refractivity contribution in [1.29, 1.82) is 0 Å². The zero-order chi connectivity index (χ0) is 30.4. The molecule has 4 rings (SSSR count). The summed E-state index contributed by atoms with van der Waals surface area (Å²) < 4.78 is 0. The number of aliphatic imine (C=N–C) groups is 2. The largest absolute Gasteiger partial charge is 0.370 e. The van der Waals surface area contributed by atoms with Gasteiger partial charge in [0.15, 0.2) is 11.9 Å². The van der Waals surface area contributed by atoms with Crippen molar-refractivity contribution < 1.29 is 9.59 Å². The van der Waals surface area contributed by atoms with Gasteiger partial charge in [-0.3, -0.25) is 10.1 Å². The number of hydrogen-bond donors (Lipinski definition) is 6. The second kappa shape index (κ2) is 15.4. The van der Waals surface area contributed by atoms with Crippen molar-refractivity contribution >= 4 is 23.9 Å². The third-order valence-electron chi connectivity index (χ3n) is 6.51. The molecule has 220 valence electrons. The number of nitrogens with one attached hydrogen (secondary N) is 3. The number of guanidine groups is 2. The highest BCUT2D eigenvalue weighted by Crippen LogP contribution is 2.15. The molecule has 4 aromatic rings. The Morgan fingerprint density at radius 2 is 1.16 bits per heavy atom. The van der Waals surface area contributed by atoms with Gasteiger partial charge in [0.05, 0.1) is 13.1 Å². The van der Waals surface area contributed by atoms with Crippen molar-refractivity contribution in [2.75, 3.05) is 0 Å². The first-order chi connectivity index (χ1) is 20.9. The van der Waals surface area contributed by atoms with Crippen LogP contribution in [-0.4, -0.2) is 23.9 Å². The van der Waals surface area contributed by atoms with Gasteiger partial charge in [-0.15, -0.1) is 0 Å². The molecule has 4 aromatic carbocycles. The maximum atomic E-state index is 13.0. The molecule has 0 unspecified atom stereocenters. The molecule has 10 nitrogen and oxygen atoms in total. The SMILES string of the molecule is NC(N)=NCc1cccc(CNC(=O)NC(N)=NCc2cccc(CNC(=O)c3ccccc3Cc3ccccc3)c2)c1. The number of benzene rings is 4. The van der Waals surface area contributed by atoms with Gasteiger partial charge >= 0.3 is 6.03 Å². The normalized spacial score (nSPS) is 10.9. The van der Waals surface area contributed by atoms with E-state index in [1.54, 1.807) is 0 Å². The van der Waals surface area contributed by atoms with Crippen LogP contribution in [0.4, 0.5) is 4.79 Å². The highest BCUT2D eigenvalue weighted by Gasteiger charge is 2.11. The minimum absolute atomic E-state index is 0.00672. The van der Waals surface area contributed by atoms with Crippen LogP contribution in [0.1, 0.15) is 43.7 Å². The minimum Gasteiger partial charge on any atom is -0.370 e. The summed E-state index contributed by atoms with van der Waals surface area (Å²) >= 11 is 0. The predicted molar refractivity (Wildman–Crippen MR) is 170 cm³/mol. The Kier molecular flexibility index (Phi) is 10.8. The molecule has 0 atom stereocenters. The van der Waals surface area contributed by atoms with Crippen LogP contribution < -0.4 is 33.2 Å². The summed E-state index contributed by atoms with van der Waals surface area (Å²) in [6.07, 6.45) is 0.680. The topological polar surface area (TPSA) is 173 Å². The van der Waals surface area contributed by atoms with Crippen LogP contribution in [-0.2, 0) is 32.6 Å². The van der Waals surface area contributed by atoms with E-state index in [1.165, 1.54) is 0 Å². The van der Waals surface area contributed by atoms with Gasteiger partial charge < -0.3 is 27.8 Å². The highest BCUT2D eigenvalue weighted by atomic mass is 16.2. The summed E-state index contributed by atoms with van der Waals surface area (Å²) in [5.74, 6) is -0.116. The van der Waals surface area contributed by atoms with Crippen molar-refractivity contribution in [1.82, 2.24) is 16.0 Å². The molecule has 0 saturated heterocycles. The van der Waals surface area contributed by atoms with E-state index in [0.29, 0.717) is 31.6 Å². The van der Waals surface area contributed by atoms with E-state index in [-0.39, 0.29) is 24.4 Å². The van der Waals surface area contributed by atoms with E-state index in [2.05, 4.69) is 38.1 Å². The van der Waals surface area contributed by atoms with Crippen LogP contribution in [0.3, 0.4) is 0 Å². The minimum atomic E-state index is -0.472. The molecule has 0 fully saturated rings. The lowest BCUT2D eigenvalue weighted by Gasteiger charge is -2.11. The molecule has 0 saturated carbocycles. The van der Waals surface area contributed by atoms with Gasteiger partial charge in [-0.1, -0.05) is 97.1 Å². The molecule has 0 spiro atoms. The smallest absolute Gasteiger partial charge is 0.321 e. The molecule has 9 N–H and O–H groups in total. The molecule has 0 aliphatic carbocycles. The Morgan fingerprint density at radius 1 is 0.605 bits per heavy atom. The third-order valence-corrected chi connectivity index (χ3v) is 6.51. The van der Waals surface area contributed by atoms with Crippen molar-refractivity contribution in [3.63, 3.8) is 0 Å². The van der Waals surface area contributed by atoms with Crippen molar-refractivity contribution in [3.8, 4) is 0 Å². The molecule has 0 aromatic heterocycles. The Bertz CT molecular complexity index is 1600. The second-order valence-electron chi connectivity index (χ2n) is 9.89. The summed E-state index contributed by atoms with van der Waals surface area (Å²) in [5, 5.41) is 8.31. The van der Waals surface area contributed by atoms with Gasteiger partial charge in [0.1, 0.15) is 0 Å². The fraction of sp³-hybridized carbons (Fsp3) is 0.152. The molecule has 0 aliphatic rings. The molecule has 0 aliphatic heterocycles. The summed E-state index contributed by atoms with van der Waals surface area (Å²) in [6, 6.07) is 32.5. The van der Waals surface area contributed by atoms with Crippen LogP contribution in [0.15, 0.2) is 113 Å². The average molecular weight is 577 g/mol. The highest BCUT2D eigenvalue weighted by molar-refractivity contribution is 5.96. The lowest BCUT2D eigenvalue weighted by Crippen LogP contribution is -2.43. The van der Waals surface area contributed by atoms with Gasteiger partial charge in [0, 0.05) is 18.7 Å². The van der Waals surface area contributed by atoms with Crippen LogP contribution in [0.2, 0.25) is 0 Å². The number of nitrogens with zero attached hydrogens (tertiary/aromatic N) is 2. The summed E-state index contributed by atoms with van der Waals surface area (Å²) in [6.45, 7) is 1.28. The number of carbonyl (C=O) groups excluding carboxylic acids is 2. The first-order valence-corrected chi connectivity index (χ1v) is 13.8. The van der Waals surface area contributed by atoms with E-state index in [9.17, 15) is 9.59 Å². The first kappa shape index (κ1) is 30.3. The third kappa shape index (κ3) is 10.0. The van der Waals surface area contributed by atoms with Crippen LogP contribution >= 0.6 is 0 Å². The Morgan fingerprint density at radius 3 is 1.84 bits per heavy atom. The van der Waals surface area contributed by atoms with Gasteiger partial charge in [-0.05, 0) is 45.9 Å². The Labute approximate surface area is 251 Å². The van der Waals surface area contributed by atoms with Crippen molar-refractivity contribution in [3.05, 3.63) is 142 Å². The quantitative estimate of drug-likeness (QED) is 0.119. The number of hydrogen-bond acceptors (Lipinski definition) is 4. The molecule has 3 amide bonds. The summed E-state index contributed by atoms with van der Waals surface area (Å²) in [7, 11) is 0. The van der Waals surface area contributed by atoms with Crippen LogP contribution in [0.25, 0.3) is 0 Å². The van der Waals surface area contributed by atoms with Gasteiger partial charge in [-0.2, -0.15) is 0 Å². The maximum absolute atomic E-state index is 13.0. The van der Waals surface area contributed by atoms with Gasteiger partial charge in [0.25, 0.3) is 5.91 Å². The lowest BCUT2D eigenvalue weighted by atomic mass is 9.99. The molecule has 10 heteroatoms. The first-order valence-electron chi connectivity index (χ1n) is 13.8. The van der Waals surface area contributed by atoms with E-state index < -0.39 is 6.03 Å².